The van der Waals surface area contributed by atoms with Crippen molar-refractivity contribution < 1.29 is 0 Å². The molecule has 2 aromatic heterocycles. The summed E-state index contributed by atoms with van der Waals surface area (Å²) < 4.78 is 1.82. The predicted molar refractivity (Wildman–Crippen MR) is 82.2 cm³/mol. The third kappa shape index (κ3) is 1.97. The zero-order chi connectivity index (χ0) is 14.4. The van der Waals surface area contributed by atoms with E-state index in [1.165, 1.54) is 11.1 Å². The number of aromatic nitrogens is 3. The number of nitrogens with zero attached hydrogens (tertiary/aromatic N) is 3. The molecule has 0 saturated heterocycles. The summed E-state index contributed by atoms with van der Waals surface area (Å²) in [5.74, 6) is 0.941. The Morgan fingerprint density at radius 1 is 1.29 bits per heavy atom. The molecule has 106 valence electrons. The number of benzene rings is 1. The van der Waals surface area contributed by atoms with Crippen LogP contribution in [0.1, 0.15) is 22.9 Å². The van der Waals surface area contributed by atoms with E-state index >= 15 is 0 Å². The van der Waals surface area contributed by atoms with Crippen molar-refractivity contribution in [3.05, 3.63) is 59.4 Å². The Kier molecular flexibility index (Phi) is 2.68. The number of aryl methyl sites for hydroxylation is 1. The minimum atomic E-state index is 0.000263. The molecule has 1 aliphatic rings. The van der Waals surface area contributed by atoms with Gasteiger partial charge in [-0.3, -0.25) is 0 Å². The van der Waals surface area contributed by atoms with Crippen LogP contribution < -0.4 is 11.1 Å². The largest absolute Gasteiger partial charge is 0.365 e. The van der Waals surface area contributed by atoms with Crippen LogP contribution in [0.15, 0.2) is 42.6 Å². The Morgan fingerprint density at radius 2 is 2.14 bits per heavy atom. The van der Waals surface area contributed by atoms with E-state index in [0.29, 0.717) is 0 Å². The molecule has 5 nitrogen and oxygen atoms in total. The van der Waals surface area contributed by atoms with Gasteiger partial charge in [0.15, 0.2) is 5.65 Å². The number of nitrogens with two attached hydrogens (primary N) is 1. The van der Waals surface area contributed by atoms with Crippen molar-refractivity contribution in [1.29, 1.82) is 0 Å². The number of rotatable bonds is 2. The van der Waals surface area contributed by atoms with Crippen molar-refractivity contribution >= 4 is 11.5 Å². The lowest BCUT2D eigenvalue weighted by Crippen LogP contribution is -2.30. The van der Waals surface area contributed by atoms with Gasteiger partial charge in [-0.1, -0.05) is 24.3 Å². The average molecular weight is 279 g/mol. The first-order valence-corrected chi connectivity index (χ1v) is 7.14. The number of hydrogen-bond donors (Lipinski definition) is 2. The third-order valence-corrected chi connectivity index (χ3v) is 4.11. The molecule has 2 atom stereocenters. The minimum Gasteiger partial charge on any atom is -0.365 e. The molecule has 0 aliphatic heterocycles. The molecular formula is C16H17N5. The summed E-state index contributed by atoms with van der Waals surface area (Å²) >= 11 is 0. The Hall–Kier alpha value is -2.40. The molecule has 1 aliphatic carbocycles. The lowest BCUT2D eigenvalue weighted by molar-refractivity contribution is 0.624. The first-order chi connectivity index (χ1) is 10.2. The van der Waals surface area contributed by atoms with Crippen LogP contribution in [0.4, 0.5) is 5.82 Å². The molecule has 21 heavy (non-hydrogen) atoms. The van der Waals surface area contributed by atoms with Gasteiger partial charge in [0.05, 0.1) is 18.3 Å². The molecule has 1 aromatic carbocycles. The van der Waals surface area contributed by atoms with E-state index in [-0.39, 0.29) is 12.1 Å². The molecule has 2 unspecified atom stereocenters. The van der Waals surface area contributed by atoms with E-state index in [1.54, 1.807) is 6.20 Å². The highest BCUT2D eigenvalue weighted by Gasteiger charge is 2.29. The number of anilines is 1. The molecule has 0 saturated carbocycles. The van der Waals surface area contributed by atoms with Crippen LogP contribution in [0, 0.1) is 6.92 Å². The van der Waals surface area contributed by atoms with E-state index in [9.17, 15) is 0 Å². The van der Waals surface area contributed by atoms with Crippen molar-refractivity contribution in [2.24, 2.45) is 5.73 Å². The zero-order valence-electron chi connectivity index (χ0n) is 11.8. The SMILES string of the molecule is Cc1cc(NC2Cc3ccccc3C2N)n2nccc2n1. The Bertz CT molecular complexity index is 807. The molecule has 0 spiro atoms. The standard InChI is InChI=1S/C16H17N5/c1-10-8-15(21-14(19-10)6-7-18-21)20-13-9-11-4-2-3-5-12(11)16(13)17/h2-8,13,16,20H,9,17H2,1H3. The minimum absolute atomic E-state index is 0.000263. The molecule has 0 amide bonds. The van der Waals surface area contributed by atoms with Crippen LogP contribution in [0.25, 0.3) is 5.65 Å². The Morgan fingerprint density at radius 3 is 3.00 bits per heavy atom. The molecular weight excluding hydrogens is 262 g/mol. The maximum Gasteiger partial charge on any atom is 0.157 e. The Labute approximate surface area is 122 Å². The lowest BCUT2D eigenvalue weighted by Gasteiger charge is -2.20. The highest BCUT2D eigenvalue weighted by molar-refractivity contribution is 5.51. The van der Waals surface area contributed by atoms with E-state index in [0.717, 1.165) is 23.6 Å². The smallest absolute Gasteiger partial charge is 0.157 e. The highest BCUT2D eigenvalue weighted by atomic mass is 15.3. The second-order valence-electron chi connectivity index (χ2n) is 5.56. The fourth-order valence-electron chi connectivity index (χ4n) is 3.10. The van der Waals surface area contributed by atoms with E-state index < -0.39 is 0 Å². The van der Waals surface area contributed by atoms with Crippen molar-refractivity contribution in [3.63, 3.8) is 0 Å². The normalized spacial score (nSPS) is 20.7. The molecule has 3 aromatic rings. The summed E-state index contributed by atoms with van der Waals surface area (Å²) in [4.78, 5) is 4.46. The van der Waals surface area contributed by atoms with Crippen LogP contribution in [0.5, 0.6) is 0 Å². The van der Waals surface area contributed by atoms with Gasteiger partial charge in [-0.2, -0.15) is 9.61 Å². The summed E-state index contributed by atoms with van der Waals surface area (Å²) in [6, 6.07) is 12.5. The second-order valence-corrected chi connectivity index (χ2v) is 5.56. The number of nitrogens with one attached hydrogen (secondary N) is 1. The first-order valence-electron chi connectivity index (χ1n) is 7.14. The van der Waals surface area contributed by atoms with Crippen LogP contribution in [0.3, 0.4) is 0 Å². The van der Waals surface area contributed by atoms with Gasteiger partial charge in [0, 0.05) is 17.8 Å². The molecule has 2 heterocycles. The second kappa shape index (κ2) is 4.56. The summed E-state index contributed by atoms with van der Waals surface area (Å²) in [7, 11) is 0. The third-order valence-electron chi connectivity index (χ3n) is 4.11. The molecule has 5 heteroatoms. The summed E-state index contributed by atoms with van der Waals surface area (Å²) in [6.45, 7) is 1.99. The van der Waals surface area contributed by atoms with Gasteiger partial charge in [-0.15, -0.1) is 0 Å². The monoisotopic (exact) mass is 279 g/mol. The van der Waals surface area contributed by atoms with Crippen LogP contribution in [-0.2, 0) is 6.42 Å². The molecule has 3 N–H and O–H groups in total. The highest BCUT2D eigenvalue weighted by Crippen LogP contribution is 2.31. The number of fused-ring (bicyclic) bond motifs is 2. The fraction of sp³-hybridized carbons (Fsp3) is 0.250. The van der Waals surface area contributed by atoms with E-state index in [1.807, 2.05) is 29.6 Å². The Balaban J connectivity index is 1.69. The van der Waals surface area contributed by atoms with Gasteiger partial charge in [-0.25, -0.2) is 4.98 Å². The first kappa shape index (κ1) is 12.3. The topological polar surface area (TPSA) is 68.2 Å². The van der Waals surface area contributed by atoms with Crippen LogP contribution >= 0.6 is 0 Å². The van der Waals surface area contributed by atoms with Gasteiger partial charge < -0.3 is 11.1 Å². The zero-order valence-corrected chi connectivity index (χ0v) is 11.8. The van der Waals surface area contributed by atoms with Gasteiger partial charge in [0.1, 0.15) is 5.82 Å². The van der Waals surface area contributed by atoms with Crippen molar-refractivity contribution in [3.8, 4) is 0 Å². The summed E-state index contributed by atoms with van der Waals surface area (Å²) in [5.41, 5.74) is 10.8. The van der Waals surface area contributed by atoms with Crippen LogP contribution in [-0.4, -0.2) is 20.6 Å². The molecule has 0 radical (unpaired) electrons. The van der Waals surface area contributed by atoms with Crippen molar-refractivity contribution in [2.45, 2.75) is 25.4 Å². The van der Waals surface area contributed by atoms with Gasteiger partial charge >= 0.3 is 0 Å². The lowest BCUT2D eigenvalue weighted by atomic mass is 10.1. The fourth-order valence-corrected chi connectivity index (χ4v) is 3.10. The van der Waals surface area contributed by atoms with E-state index in [4.69, 9.17) is 5.73 Å². The maximum absolute atomic E-state index is 6.39. The summed E-state index contributed by atoms with van der Waals surface area (Å²) in [6.07, 6.45) is 2.69. The van der Waals surface area contributed by atoms with Gasteiger partial charge in [0.25, 0.3) is 0 Å². The average Bonchev–Trinajstić information content (AvgIpc) is 3.05. The number of hydrogen-bond acceptors (Lipinski definition) is 4. The van der Waals surface area contributed by atoms with Crippen LogP contribution in [0.2, 0.25) is 0 Å². The molecule has 0 bridgehead atoms. The molecule has 0 fully saturated rings. The van der Waals surface area contributed by atoms with Crippen molar-refractivity contribution in [2.75, 3.05) is 5.32 Å². The van der Waals surface area contributed by atoms with Crippen molar-refractivity contribution in [1.82, 2.24) is 14.6 Å². The quantitative estimate of drug-likeness (QED) is 0.753. The summed E-state index contributed by atoms with van der Waals surface area (Å²) in [5, 5.41) is 7.87. The molecule has 4 rings (SSSR count). The van der Waals surface area contributed by atoms with Gasteiger partial charge in [0.2, 0.25) is 0 Å². The van der Waals surface area contributed by atoms with Gasteiger partial charge in [-0.05, 0) is 24.5 Å². The maximum atomic E-state index is 6.39. The predicted octanol–water partition coefficient (Wildman–Crippen LogP) is 2.07. The van der Waals surface area contributed by atoms with E-state index in [2.05, 4.69) is 33.6 Å².